The summed E-state index contributed by atoms with van der Waals surface area (Å²) in [6.45, 7) is 5.65. The molecular formula is C20H22O3. The number of ether oxygens (including phenoxy) is 1. The Bertz CT molecular complexity index is 695. The molecule has 0 amide bonds. The topological polar surface area (TPSA) is 46.5 Å². The zero-order chi connectivity index (χ0) is 16.8. The smallest absolute Gasteiger partial charge is 0.308 e. The van der Waals surface area contributed by atoms with Crippen molar-refractivity contribution in [2.45, 2.75) is 33.6 Å². The van der Waals surface area contributed by atoms with Gasteiger partial charge in [0.25, 0.3) is 0 Å². The van der Waals surface area contributed by atoms with Gasteiger partial charge in [-0.2, -0.15) is 0 Å². The van der Waals surface area contributed by atoms with E-state index >= 15 is 0 Å². The molecule has 0 atom stereocenters. The van der Waals surface area contributed by atoms with Crippen LogP contribution in [-0.2, 0) is 4.79 Å². The highest BCUT2D eigenvalue weighted by Gasteiger charge is 2.09. The Labute approximate surface area is 137 Å². The molecule has 2 aromatic rings. The molecule has 0 spiro atoms. The molecule has 3 heteroatoms. The lowest BCUT2D eigenvalue weighted by molar-refractivity contribution is -0.131. The number of carbonyl (C=O) groups excluding carboxylic acids is 1. The quantitative estimate of drug-likeness (QED) is 0.477. The highest BCUT2D eigenvalue weighted by molar-refractivity contribution is 5.90. The van der Waals surface area contributed by atoms with E-state index in [1.807, 2.05) is 36.4 Å². The van der Waals surface area contributed by atoms with Crippen molar-refractivity contribution in [1.29, 1.82) is 0 Å². The lowest BCUT2D eigenvalue weighted by Gasteiger charge is -2.14. The fourth-order valence-corrected chi connectivity index (χ4v) is 2.74. The molecule has 3 nitrogen and oxygen atoms in total. The van der Waals surface area contributed by atoms with Crippen molar-refractivity contribution in [3.63, 3.8) is 0 Å². The van der Waals surface area contributed by atoms with Crippen molar-refractivity contribution in [2.24, 2.45) is 0 Å². The Morgan fingerprint density at radius 3 is 1.70 bits per heavy atom. The number of hydrogen-bond acceptors (Lipinski definition) is 3. The number of allylic oxidation sites excluding steroid dienone is 2. The predicted octanol–water partition coefficient (Wildman–Crippen LogP) is 5.05. The summed E-state index contributed by atoms with van der Waals surface area (Å²) in [7, 11) is 0. The average molecular weight is 310 g/mol. The Kier molecular flexibility index (Phi) is 5.58. The summed E-state index contributed by atoms with van der Waals surface area (Å²) in [6, 6.07) is 14.9. The lowest BCUT2D eigenvalue weighted by Crippen LogP contribution is -2.01. The Hall–Kier alpha value is -2.55. The van der Waals surface area contributed by atoms with Crippen molar-refractivity contribution in [3.05, 3.63) is 59.7 Å². The molecule has 0 radical (unpaired) electrons. The Balaban J connectivity index is 2.42. The summed E-state index contributed by atoms with van der Waals surface area (Å²) < 4.78 is 5.08. The molecule has 0 aromatic heterocycles. The number of carbonyl (C=O) groups is 1. The maximum atomic E-state index is 11.0. The first-order chi connectivity index (χ1) is 11.0. The molecule has 0 aliphatic heterocycles. The van der Waals surface area contributed by atoms with Gasteiger partial charge in [0.2, 0.25) is 0 Å². The fraction of sp³-hybridized carbons (Fsp3) is 0.250. The van der Waals surface area contributed by atoms with E-state index < -0.39 is 0 Å². The molecule has 1 N–H and O–H groups in total. The third kappa shape index (κ3) is 4.22. The molecule has 120 valence electrons. The summed E-state index contributed by atoms with van der Waals surface area (Å²) in [4.78, 5) is 11.0. The molecule has 2 rings (SSSR count). The van der Waals surface area contributed by atoms with Crippen LogP contribution in [-0.4, -0.2) is 11.1 Å². The van der Waals surface area contributed by atoms with Gasteiger partial charge < -0.3 is 9.84 Å². The molecule has 0 unspecified atom stereocenters. The highest BCUT2D eigenvalue weighted by Crippen LogP contribution is 2.32. The van der Waals surface area contributed by atoms with Gasteiger partial charge in [-0.3, -0.25) is 4.79 Å². The van der Waals surface area contributed by atoms with E-state index in [9.17, 15) is 9.90 Å². The van der Waals surface area contributed by atoms with Crippen LogP contribution in [0.5, 0.6) is 11.5 Å². The number of rotatable bonds is 5. The molecule has 0 aliphatic rings. The van der Waals surface area contributed by atoms with Crippen LogP contribution in [0.1, 0.15) is 44.7 Å². The minimum Gasteiger partial charge on any atom is -0.508 e. The Morgan fingerprint density at radius 2 is 1.30 bits per heavy atom. The largest absolute Gasteiger partial charge is 0.508 e. The van der Waals surface area contributed by atoms with Crippen LogP contribution in [0.4, 0.5) is 0 Å². The van der Waals surface area contributed by atoms with E-state index in [1.54, 1.807) is 12.1 Å². The van der Waals surface area contributed by atoms with Crippen LogP contribution in [0.25, 0.3) is 11.1 Å². The molecule has 2 aromatic carbocycles. The second-order valence-corrected chi connectivity index (χ2v) is 5.33. The van der Waals surface area contributed by atoms with Crippen LogP contribution in [0.15, 0.2) is 48.5 Å². The van der Waals surface area contributed by atoms with Gasteiger partial charge in [-0.05, 0) is 59.4 Å². The minimum absolute atomic E-state index is 0.271. The first-order valence-electron chi connectivity index (χ1n) is 7.85. The van der Waals surface area contributed by atoms with Gasteiger partial charge in [0.05, 0.1) is 0 Å². The molecular weight excluding hydrogens is 288 g/mol. The third-order valence-corrected chi connectivity index (χ3v) is 3.75. The number of aromatic hydroxyl groups is 1. The van der Waals surface area contributed by atoms with Crippen LogP contribution >= 0.6 is 0 Å². The summed E-state index contributed by atoms with van der Waals surface area (Å²) in [5.74, 6) is 0.509. The normalized spacial score (nSPS) is 11.8. The molecule has 0 bridgehead atoms. The monoisotopic (exact) mass is 310 g/mol. The zero-order valence-electron chi connectivity index (χ0n) is 13.8. The first-order valence-corrected chi connectivity index (χ1v) is 7.85. The molecule has 0 fully saturated rings. The number of phenolic OH excluding ortho intramolecular Hbond substituents is 1. The van der Waals surface area contributed by atoms with Crippen molar-refractivity contribution >= 4 is 17.1 Å². The van der Waals surface area contributed by atoms with Gasteiger partial charge in [0.1, 0.15) is 11.5 Å². The van der Waals surface area contributed by atoms with Crippen molar-refractivity contribution in [1.82, 2.24) is 0 Å². The van der Waals surface area contributed by atoms with E-state index in [0.717, 1.165) is 24.0 Å². The average Bonchev–Trinajstić information content (AvgIpc) is 2.54. The van der Waals surface area contributed by atoms with Crippen LogP contribution in [0, 0.1) is 0 Å². The molecule has 0 saturated carbocycles. The summed E-state index contributed by atoms with van der Waals surface area (Å²) in [6.07, 6.45) is 1.80. The van der Waals surface area contributed by atoms with Gasteiger partial charge in [-0.15, -0.1) is 0 Å². The second kappa shape index (κ2) is 7.63. The Morgan fingerprint density at radius 1 is 0.870 bits per heavy atom. The standard InChI is InChI=1S/C20H22O3/c1-4-19(15-6-10-17(22)11-7-15)20(5-2)16-8-12-18(13-9-16)23-14(3)21/h6-13,22H,4-5H2,1-3H3/b20-19+. The van der Waals surface area contributed by atoms with Gasteiger partial charge in [-0.1, -0.05) is 38.1 Å². The molecule has 0 saturated heterocycles. The predicted molar refractivity (Wildman–Crippen MR) is 93.3 cm³/mol. The fourth-order valence-electron chi connectivity index (χ4n) is 2.74. The van der Waals surface area contributed by atoms with Gasteiger partial charge in [0, 0.05) is 6.92 Å². The van der Waals surface area contributed by atoms with Crippen molar-refractivity contribution in [3.8, 4) is 11.5 Å². The zero-order valence-corrected chi connectivity index (χ0v) is 13.8. The van der Waals surface area contributed by atoms with Gasteiger partial charge in [0.15, 0.2) is 0 Å². The summed E-state index contributed by atoms with van der Waals surface area (Å²) >= 11 is 0. The number of hydrogen-bond donors (Lipinski definition) is 1. The van der Waals surface area contributed by atoms with Crippen LogP contribution < -0.4 is 4.74 Å². The van der Waals surface area contributed by atoms with Gasteiger partial charge >= 0.3 is 5.97 Å². The number of phenols is 1. The minimum atomic E-state index is -0.317. The maximum absolute atomic E-state index is 11.0. The van der Waals surface area contributed by atoms with E-state index in [-0.39, 0.29) is 11.7 Å². The highest BCUT2D eigenvalue weighted by atomic mass is 16.5. The van der Waals surface area contributed by atoms with E-state index in [0.29, 0.717) is 5.75 Å². The van der Waals surface area contributed by atoms with E-state index in [1.165, 1.54) is 18.1 Å². The van der Waals surface area contributed by atoms with Gasteiger partial charge in [-0.25, -0.2) is 0 Å². The lowest BCUT2D eigenvalue weighted by atomic mass is 9.91. The summed E-state index contributed by atoms with van der Waals surface area (Å²) in [5.41, 5.74) is 4.75. The van der Waals surface area contributed by atoms with Crippen molar-refractivity contribution in [2.75, 3.05) is 0 Å². The van der Waals surface area contributed by atoms with Crippen LogP contribution in [0.3, 0.4) is 0 Å². The third-order valence-electron chi connectivity index (χ3n) is 3.75. The van der Waals surface area contributed by atoms with Crippen molar-refractivity contribution < 1.29 is 14.6 Å². The second-order valence-electron chi connectivity index (χ2n) is 5.33. The molecule has 23 heavy (non-hydrogen) atoms. The summed E-state index contributed by atoms with van der Waals surface area (Å²) in [5, 5.41) is 9.47. The molecule has 0 aliphatic carbocycles. The van der Waals surface area contributed by atoms with E-state index in [2.05, 4.69) is 13.8 Å². The number of esters is 1. The van der Waals surface area contributed by atoms with E-state index in [4.69, 9.17) is 4.74 Å². The van der Waals surface area contributed by atoms with Crippen LogP contribution in [0.2, 0.25) is 0 Å². The number of benzene rings is 2. The SMILES string of the molecule is CC/C(=C(/CC)c1ccc(OC(C)=O)cc1)c1ccc(O)cc1. The molecule has 0 heterocycles. The first kappa shape index (κ1) is 16.8. The maximum Gasteiger partial charge on any atom is 0.308 e.